The van der Waals surface area contributed by atoms with Gasteiger partial charge < -0.3 is 15.0 Å². The molecule has 20 heavy (non-hydrogen) atoms. The van der Waals surface area contributed by atoms with Crippen molar-refractivity contribution in [2.24, 2.45) is 5.92 Å². The van der Waals surface area contributed by atoms with Gasteiger partial charge in [-0.2, -0.15) is 0 Å². The predicted molar refractivity (Wildman–Crippen MR) is 86.1 cm³/mol. The number of amides is 1. The number of carbonyl (C=O) groups is 1. The molecular formula is C15H19IN2O2. The molecule has 108 valence electrons. The Bertz CT molecular complexity index is 513. The molecule has 3 saturated heterocycles. The van der Waals surface area contributed by atoms with E-state index in [1.165, 1.54) is 25.9 Å². The molecule has 3 aliphatic rings. The maximum Gasteiger partial charge on any atom is 0.255 e. The Morgan fingerprint density at radius 3 is 2.75 bits per heavy atom. The molecule has 1 unspecified atom stereocenters. The van der Waals surface area contributed by atoms with Crippen molar-refractivity contribution in [3.8, 4) is 5.75 Å². The molecule has 4 nitrogen and oxygen atoms in total. The van der Waals surface area contributed by atoms with Gasteiger partial charge in [0.2, 0.25) is 0 Å². The zero-order valence-corrected chi connectivity index (χ0v) is 13.7. The number of methoxy groups -OCH3 is 1. The van der Waals surface area contributed by atoms with E-state index in [1.807, 2.05) is 18.2 Å². The number of hydrogen-bond donors (Lipinski definition) is 1. The van der Waals surface area contributed by atoms with Crippen molar-refractivity contribution in [2.75, 3.05) is 26.7 Å². The van der Waals surface area contributed by atoms with E-state index >= 15 is 0 Å². The Morgan fingerprint density at radius 2 is 2.15 bits per heavy atom. The van der Waals surface area contributed by atoms with Gasteiger partial charge in [0.25, 0.3) is 5.91 Å². The smallest absolute Gasteiger partial charge is 0.255 e. The normalized spacial score (nSPS) is 28.2. The van der Waals surface area contributed by atoms with Gasteiger partial charge in [0.1, 0.15) is 5.75 Å². The molecule has 3 fully saturated rings. The Balaban J connectivity index is 1.75. The quantitative estimate of drug-likeness (QED) is 0.810. The number of carbonyl (C=O) groups excluding carboxylic acids is 1. The van der Waals surface area contributed by atoms with Gasteiger partial charge in [-0.1, -0.05) is 0 Å². The first kappa shape index (κ1) is 14.1. The molecule has 0 aromatic heterocycles. The highest BCUT2D eigenvalue weighted by Gasteiger charge is 2.35. The number of fused-ring (bicyclic) bond motifs is 3. The highest BCUT2D eigenvalue weighted by Crippen LogP contribution is 2.28. The molecule has 1 atom stereocenters. The third kappa shape index (κ3) is 2.79. The van der Waals surface area contributed by atoms with Crippen LogP contribution in [0.2, 0.25) is 0 Å². The van der Waals surface area contributed by atoms with E-state index in [9.17, 15) is 4.79 Å². The molecule has 1 amide bonds. The fraction of sp³-hybridized carbons (Fsp3) is 0.533. The largest absolute Gasteiger partial charge is 0.496 e. The number of hydrogen-bond acceptors (Lipinski definition) is 3. The van der Waals surface area contributed by atoms with Crippen LogP contribution in [0.1, 0.15) is 23.2 Å². The number of rotatable bonds is 3. The van der Waals surface area contributed by atoms with E-state index in [1.54, 1.807) is 7.11 Å². The van der Waals surface area contributed by atoms with Crippen molar-refractivity contribution in [3.05, 3.63) is 27.3 Å². The van der Waals surface area contributed by atoms with E-state index in [0.717, 1.165) is 10.1 Å². The lowest BCUT2D eigenvalue weighted by Crippen LogP contribution is -2.57. The van der Waals surface area contributed by atoms with Gasteiger partial charge in [-0.15, -0.1) is 0 Å². The number of nitrogens with zero attached hydrogens (tertiary/aromatic N) is 1. The van der Waals surface area contributed by atoms with Crippen LogP contribution in [0.5, 0.6) is 5.75 Å². The monoisotopic (exact) mass is 386 g/mol. The summed E-state index contributed by atoms with van der Waals surface area (Å²) in [7, 11) is 1.60. The van der Waals surface area contributed by atoms with Gasteiger partial charge >= 0.3 is 0 Å². The Kier molecular flexibility index (Phi) is 4.16. The van der Waals surface area contributed by atoms with Crippen LogP contribution in [0.15, 0.2) is 18.2 Å². The summed E-state index contributed by atoms with van der Waals surface area (Å²) in [6, 6.07) is 5.97. The third-order valence-corrected chi connectivity index (χ3v) is 5.05. The Labute approximate surface area is 133 Å². The van der Waals surface area contributed by atoms with E-state index in [0.29, 0.717) is 17.2 Å². The van der Waals surface area contributed by atoms with Crippen LogP contribution in [0.3, 0.4) is 0 Å². The summed E-state index contributed by atoms with van der Waals surface area (Å²) in [6.07, 6.45) is 2.41. The Morgan fingerprint density at radius 1 is 1.40 bits per heavy atom. The first-order valence-electron chi connectivity index (χ1n) is 7.04. The molecule has 5 heteroatoms. The van der Waals surface area contributed by atoms with Gasteiger partial charge in [-0.25, -0.2) is 0 Å². The molecule has 3 heterocycles. The zero-order chi connectivity index (χ0) is 14.1. The van der Waals surface area contributed by atoms with Gasteiger partial charge in [-0.3, -0.25) is 4.79 Å². The minimum Gasteiger partial charge on any atom is -0.496 e. The van der Waals surface area contributed by atoms with E-state index < -0.39 is 0 Å². The third-order valence-electron chi connectivity index (χ3n) is 4.38. The lowest BCUT2D eigenvalue weighted by molar-refractivity contribution is 0.0619. The predicted octanol–water partition coefficient (Wildman–Crippen LogP) is 2.12. The maximum absolute atomic E-state index is 12.5. The minimum absolute atomic E-state index is 0.0147. The van der Waals surface area contributed by atoms with Crippen LogP contribution in [0, 0.1) is 9.49 Å². The Hall–Kier alpha value is -0.820. The SMILES string of the molecule is COc1ccc(I)cc1C(=O)NC1CN2CCC1CC2. The van der Waals surface area contributed by atoms with Gasteiger partial charge in [-0.05, 0) is 72.6 Å². The summed E-state index contributed by atoms with van der Waals surface area (Å²) in [4.78, 5) is 14.9. The number of nitrogens with one attached hydrogen (secondary N) is 1. The van der Waals surface area contributed by atoms with Crippen LogP contribution >= 0.6 is 22.6 Å². The second-order valence-corrected chi connectivity index (χ2v) is 6.81. The summed E-state index contributed by atoms with van der Waals surface area (Å²) in [6.45, 7) is 3.36. The van der Waals surface area contributed by atoms with Gasteiger partial charge in [0, 0.05) is 16.2 Å². The van der Waals surface area contributed by atoms with Crippen LogP contribution in [0.25, 0.3) is 0 Å². The van der Waals surface area contributed by atoms with Crippen LogP contribution in [-0.4, -0.2) is 43.6 Å². The van der Waals surface area contributed by atoms with Crippen molar-refractivity contribution < 1.29 is 9.53 Å². The number of benzene rings is 1. The number of piperidine rings is 3. The second kappa shape index (κ2) is 5.89. The zero-order valence-electron chi connectivity index (χ0n) is 11.6. The highest BCUT2D eigenvalue weighted by molar-refractivity contribution is 14.1. The van der Waals surface area contributed by atoms with Crippen molar-refractivity contribution in [1.29, 1.82) is 0 Å². The van der Waals surface area contributed by atoms with Crippen molar-refractivity contribution in [2.45, 2.75) is 18.9 Å². The topological polar surface area (TPSA) is 41.6 Å². The molecule has 4 rings (SSSR count). The molecule has 1 N–H and O–H groups in total. The maximum atomic E-state index is 12.5. The molecule has 0 aliphatic carbocycles. The summed E-state index contributed by atoms with van der Waals surface area (Å²) in [5, 5.41) is 3.20. The van der Waals surface area contributed by atoms with Crippen LogP contribution in [-0.2, 0) is 0 Å². The van der Waals surface area contributed by atoms with Crippen molar-refractivity contribution >= 4 is 28.5 Å². The average molecular weight is 386 g/mol. The lowest BCUT2D eigenvalue weighted by atomic mass is 9.84. The van der Waals surface area contributed by atoms with E-state index in [-0.39, 0.29) is 11.9 Å². The molecule has 1 aromatic rings. The van der Waals surface area contributed by atoms with Crippen molar-refractivity contribution in [3.63, 3.8) is 0 Å². The summed E-state index contributed by atoms with van der Waals surface area (Å²) >= 11 is 2.22. The van der Waals surface area contributed by atoms with E-state index in [4.69, 9.17) is 4.74 Å². The first-order valence-corrected chi connectivity index (χ1v) is 8.12. The molecule has 3 aliphatic heterocycles. The van der Waals surface area contributed by atoms with Crippen LogP contribution in [0.4, 0.5) is 0 Å². The summed E-state index contributed by atoms with van der Waals surface area (Å²) in [5.41, 5.74) is 0.635. The summed E-state index contributed by atoms with van der Waals surface area (Å²) in [5.74, 6) is 1.26. The second-order valence-electron chi connectivity index (χ2n) is 5.56. The number of ether oxygens (including phenoxy) is 1. The molecule has 1 aromatic carbocycles. The molecule has 0 spiro atoms. The van der Waals surface area contributed by atoms with Gasteiger partial charge in [0.15, 0.2) is 0 Å². The van der Waals surface area contributed by atoms with Crippen LogP contribution < -0.4 is 10.1 Å². The minimum atomic E-state index is -0.0147. The molecule has 2 bridgehead atoms. The number of halogens is 1. The average Bonchev–Trinajstić information content (AvgIpc) is 2.48. The first-order chi connectivity index (χ1) is 9.67. The van der Waals surface area contributed by atoms with Gasteiger partial charge in [0.05, 0.1) is 12.7 Å². The molecule has 0 radical (unpaired) electrons. The highest BCUT2D eigenvalue weighted by atomic mass is 127. The standard InChI is InChI=1S/C15H19IN2O2/c1-20-14-3-2-11(16)8-12(14)15(19)17-13-9-18-6-4-10(13)5-7-18/h2-3,8,10,13H,4-7,9H2,1H3,(H,17,19). The fourth-order valence-electron chi connectivity index (χ4n) is 3.23. The lowest BCUT2D eigenvalue weighted by Gasteiger charge is -2.44. The fourth-order valence-corrected chi connectivity index (χ4v) is 3.72. The van der Waals surface area contributed by atoms with E-state index in [2.05, 4.69) is 32.8 Å². The summed E-state index contributed by atoms with van der Waals surface area (Å²) < 4.78 is 6.34. The molecular weight excluding hydrogens is 367 g/mol. The molecule has 0 saturated carbocycles. The van der Waals surface area contributed by atoms with Crippen molar-refractivity contribution in [1.82, 2.24) is 10.2 Å².